The third-order valence-corrected chi connectivity index (χ3v) is 6.20. The lowest BCUT2D eigenvalue weighted by Gasteiger charge is -2.26. The smallest absolute Gasteiger partial charge is 0.356 e. The molecule has 0 aliphatic carbocycles. The van der Waals surface area contributed by atoms with Gasteiger partial charge in [-0.1, -0.05) is 6.07 Å². The molecule has 2 aromatic rings. The van der Waals surface area contributed by atoms with Gasteiger partial charge in [0.25, 0.3) is 5.69 Å². The van der Waals surface area contributed by atoms with Crippen LogP contribution in [0.25, 0.3) is 0 Å². The molecular formula is C20H20F3N5O2S. The lowest BCUT2D eigenvalue weighted by Crippen LogP contribution is -2.36. The highest BCUT2D eigenvalue weighted by molar-refractivity contribution is 7.80. The second kappa shape index (κ2) is 7.95. The Morgan fingerprint density at radius 2 is 1.84 bits per heavy atom. The van der Waals surface area contributed by atoms with Crippen molar-refractivity contribution in [3.05, 3.63) is 58.3 Å². The maximum absolute atomic E-state index is 13.0. The number of nitrogens with one attached hydrogen (secondary N) is 1. The van der Waals surface area contributed by atoms with E-state index < -0.39 is 16.8 Å². The average molecular weight is 451 g/mol. The van der Waals surface area contributed by atoms with E-state index in [1.807, 2.05) is 9.80 Å². The summed E-state index contributed by atoms with van der Waals surface area (Å²) in [6.45, 7) is 2.70. The zero-order valence-electron chi connectivity index (χ0n) is 16.4. The van der Waals surface area contributed by atoms with E-state index in [0.717, 1.165) is 25.5 Å². The lowest BCUT2D eigenvalue weighted by atomic mass is 9.86. The molecule has 3 heterocycles. The molecule has 0 bridgehead atoms. The van der Waals surface area contributed by atoms with Gasteiger partial charge in [0.15, 0.2) is 5.11 Å². The van der Waals surface area contributed by atoms with Gasteiger partial charge in [-0.3, -0.25) is 10.1 Å². The van der Waals surface area contributed by atoms with Crippen molar-refractivity contribution in [2.75, 3.05) is 36.4 Å². The van der Waals surface area contributed by atoms with Crippen molar-refractivity contribution in [2.24, 2.45) is 5.41 Å². The Kier molecular flexibility index (Phi) is 5.46. The molecule has 1 unspecified atom stereocenters. The highest BCUT2D eigenvalue weighted by Crippen LogP contribution is 2.41. The van der Waals surface area contributed by atoms with Crippen LogP contribution in [-0.4, -0.2) is 46.1 Å². The van der Waals surface area contributed by atoms with Gasteiger partial charge in [0.1, 0.15) is 11.5 Å². The number of pyridine rings is 1. The number of anilines is 2. The first-order chi connectivity index (χ1) is 14.7. The highest BCUT2D eigenvalue weighted by Gasteiger charge is 2.44. The number of nitrogens with zero attached hydrogens (tertiary/aromatic N) is 4. The van der Waals surface area contributed by atoms with Crippen molar-refractivity contribution in [3.63, 3.8) is 0 Å². The van der Waals surface area contributed by atoms with Crippen LogP contribution in [0.1, 0.15) is 18.5 Å². The molecule has 7 nitrogen and oxygen atoms in total. The van der Waals surface area contributed by atoms with Crippen LogP contribution >= 0.6 is 12.2 Å². The van der Waals surface area contributed by atoms with Gasteiger partial charge in [-0.15, -0.1) is 0 Å². The Hall–Kier alpha value is -2.95. The maximum atomic E-state index is 13.0. The topological polar surface area (TPSA) is 74.5 Å². The number of aromatic nitrogens is 1. The van der Waals surface area contributed by atoms with Gasteiger partial charge in [-0.25, -0.2) is 4.98 Å². The highest BCUT2D eigenvalue weighted by atomic mass is 32.1. The molecule has 2 aliphatic rings. The minimum atomic E-state index is -4.46. The number of hydrogen-bond donors (Lipinski definition) is 1. The van der Waals surface area contributed by atoms with Crippen LogP contribution in [0.15, 0.2) is 42.5 Å². The molecule has 0 saturated carbocycles. The van der Waals surface area contributed by atoms with Gasteiger partial charge in [0.2, 0.25) is 0 Å². The summed E-state index contributed by atoms with van der Waals surface area (Å²) >= 11 is 5.51. The maximum Gasteiger partial charge on any atom is 0.433 e. The van der Waals surface area contributed by atoms with Gasteiger partial charge in [0.05, 0.1) is 4.92 Å². The third-order valence-electron chi connectivity index (χ3n) is 5.84. The van der Waals surface area contributed by atoms with Crippen LogP contribution in [-0.2, 0) is 6.18 Å². The quantitative estimate of drug-likeness (QED) is 0.424. The lowest BCUT2D eigenvalue weighted by molar-refractivity contribution is -0.384. The van der Waals surface area contributed by atoms with Crippen LogP contribution in [0, 0.1) is 15.5 Å². The van der Waals surface area contributed by atoms with Gasteiger partial charge in [0, 0.05) is 49.4 Å². The third kappa shape index (κ3) is 4.55. The van der Waals surface area contributed by atoms with Crippen molar-refractivity contribution in [1.82, 2.24) is 9.88 Å². The molecule has 1 atom stereocenters. The van der Waals surface area contributed by atoms with Crippen molar-refractivity contribution in [1.29, 1.82) is 0 Å². The van der Waals surface area contributed by atoms with Gasteiger partial charge in [-0.2, -0.15) is 13.2 Å². The second-order valence-electron chi connectivity index (χ2n) is 7.96. The number of alkyl halides is 3. The fourth-order valence-corrected chi connectivity index (χ4v) is 4.47. The summed E-state index contributed by atoms with van der Waals surface area (Å²) in [6, 6.07) is 10.0. The molecule has 2 aliphatic heterocycles. The average Bonchev–Trinajstić information content (AvgIpc) is 3.35. The Morgan fingerprint density at radius 1 is 1.13 bits per heavy atom. The molecule has 2 fully saturated rings. The van der Waals surface area contributed by atoms with Crippen molar-refractivity contribution in [3.8, 4) is 0 Å². The molecule has 11 heteroatoms. The normalized spacial score (nSPS) is 21.0. The summed E-state index contributed by atoms with van der Waals surface area (Å²) in [5.41, 5.74) is -0.270. The van der Waals surface area contributed by atoms with E-state index in [0.29, 0.717) is 36.3 Å². The van der Waals surface area contributed by atoms with Crippen molar-refractivity contribution in [2.45, 2.75) is 19.0 Å². The molecular weight excluding hydrogens is 431 g/mol. The predicted octanol–water partition coefficient (Wildman–Crippen LogP) is 4.31. The molecule has 0 radical (unpaired) electrons. The largest absolute Gasteiger partial charge is 0.433 e. The first-order valence-electron chi connectivity index (χ1n) is 9.75. The Morgan fingerprint density at radius 3 is 2.52 bits per heavy atom. The molecule has 1 spiro atoms. The predicted molar refractivity (Wildman–Crippen MR) is 114 cm³/mol. The van der Waals surface area contributed by atoms with Crippen molar-refractivity contribution >= 4 is 34.5 Å². The minimum absolute atomic E-state index is 0.00541. The van der Waals surface area contributed by atoms with E-state index in [2.05, 4.69) is 10.3 Å². The van der Waals surface area contributed by atoms with Gasteiger partial charge >= 0.3 is 6.18 Å². The van der Waals surface area contributed by atoms with E-state index >= 15 is 0 Å². The molecule has 31 heavy (non-hydrogen) atoms. The van der Waals surface area contributed by atoms with E-state index in [4.69, 9.17) is 12.2 Å². The summed E-state index contributed by atoms with van der Waals surface area (Å²) in [6.07, 6.45) is -2.74. The van der Waals surface area contributed by atoms with Crippen LogP contribution < -0.4 is 10.2 Å². The Labute approximate surface area is 182 Å². The summed E-state index contributed by atoms with van der Waals surface area (Å²) < 4.78 is 39.0. The Bertz CT molecular complexity index is 1000. The van der Waals surface area contributed by atoms with E-state index in [1.54, 1.807) is 18.2 Å². The number of hydrogen-bond acceptors (Lipinski definition) is 5. The van der Waals surface area contributed by atoms with Crippen LogP contribution in [0.3, 0.4) is 0 Å². The van der Waals surface area contributed by atoms with E-state index in [-0.39, 0.29) is 11.1 Å². The van der Waals surface area contributed by atoms with Crippen molar-refractivity contribution < 1.29 is 18.1 Å². The van der Waals surface area contributed by atoms with Crippen LogP contribution in [0.5, 0.6) is 0 Å². The summed E-state index contributed by atoms with van der Waals surface area (Å²) in [5.74, 6) is 0.344. The zero-order valence-corrected chi connectivity index (χ0v) is 17.2. The number of halogens is 3. The summed E-state index contributed by atoms with van der Waals surface area (Å²) in [7, 11) is 0. The molecule has 164 valence electrons. The SMILES string of the molecule is O=[N+]([O-])c1ccc(NC(=S)N2CCC3(CCN(c4cccc(C(F)(F)F)n4)C3)C2)cc1. The number of nitro groups is 1. The first kappa shape index (κ1) is 21.3. The standard InChI is InChI=1S/C20H20F3N5O2S/c21-20(22,23)16-2-1-3-17(25-16)26-10-8-19(12-26)9-11-27(13-19)18(31)24-14-4-6-15(7-5-14)28(29)30/h1-7H,8-13H2,(H,24,31). The first-order valence-corrected chi connectivity index (χ1v) is 10.2. The molecule has 4 rings (SSSR count). The molecule has 1 N–H and O–H groups in total. The molecule has 1 aromatic carbocycles. The summed E-state index contributed by atoms with van der Waals surface area (Å²) in [5, 5.41) is 14.4. The number of benzene rings is 1. The minimum Gasteiger partial charge on any atom is -0.356 e. The van der Waals surface area contributed by atoms with E-state index in [9.17, 15) is 23.3 Å². The van der Waals surface area contributed by atoms with Crippen LogP contribution in [0.2, 0.25) is 0 Å². The number of thiocarbonyl (C=S) groups is 1. The number of rotatable bonds is 3. The van der Waals surface area contributed by atoms with E-state index in [1.165, 1.54) is 18.2 Å². The number of non-ortho nitro benzene ring substituents is 1. The molecule has 0 amide bonds. The van der Waals surface area contributed by atoms with Crippen LogP contribution in [0.4, 0.5) is 30.4 Å². The fraction of sp³-hybridized carbons (Fsp3) is 0.400. The monoisotopic (exact) mass is 451 g/mol. The summed E-state index contributed by atoms with van der Waals surface area (Å²) in [4.78, 5) is 18.1. The fourth-order valence-electron chi connectivity index (χ4n) is 4.20. The Balaban J connectivity index is 1.38. The zero-order chi connectivity index (χ0) is 22.2. The number of likely N-dealkylation sites (tertiary alicyclic amines) is 1. The van der Waals surface area contributed by atoms with Gasteiger partial charge < -0.3 is 15.1 Å². The van der Waals surface area contributed by atoms with Gasteiger partial charge in [-0.05, 0) is 49.3 Å². The number of nitro benzene ring substituents is 1. The molecule has 2 saturated heterocycles. The molecule has 1 aromatic heterocycles. The second-order valence-corrected chi connectivity index (χ2v) is 8.34.